The van der Waals surface area contributed by atoms with Crippen molar-refractivity contribution in [2.24, 2.45) is 5.92 Å². The number of nitrogens with one attached hydrogen (secondary N) is 3. The van der Waals surface area contributed by atoms with Crippen LogP contribution in [0.25, 0.3) is 0 Å². The summed E-state index contributed by atoms with van der Waals surface area (Å²) < 4.78 is 28.2. The molecule has 0 bridgehead atoms. The molecule has 3 amide bonds. The van der Waals surface area contributed by atoms with Gasteiger partial charge in [-0.25, -0.2) is 8.78 Å². The van der Waals surface area contributed by atoms with Crippen molar-refractivity contribution in [2.45, 2.75) is 44.9 Å². The van der Waals surface area contributed by atoms with Crippen LogP contribution in [-0.2, 0) is 9.59 Å². The minimum Gasteiger partial charge on any atom is -0.356 e. The minimum atomic E-state index is -0.994. The lowest BCUT2D eigenvalue weighted by Crippen LogP contribution is -2.38. The van der Waals surface area contributed by atoms with E-state index in [9.17, 15) is 23.2 Å². The summed E-state index contributed by atoms with van der Waals surface area (Å²) in [5, 5.41) is 7.65. The molecule has 3 rings (SSSR count). The quantitative estimate of drug-likeness (QED) is 0.636. The molecule has 1 fully saturated rings. The van der Waals surface area contributed by atoms with Gasteiger partial charge in [0.2, 0.25) is 11.8 Å². The van der Waals surface area contributed by atoms with Gasteiger partial charge < -0.3 is 16.0 Å². The maximum Gasteiger partial charge on any atom is 0.254 e. The highest BCUT2D eigenvalue weighted by atomic mass is 19.1. The molecule has 6 nitrogen and oxygen atoms in total. The molecule has 0 saturated carbocycles. The summed E-state index contributed by atoms with van der Waals surface area (Å²) >= 11 is 0. The SMILES string of the molecule is O=C1CC(C(=O)Nc2cc(C(=O)NCCC3=CCCCC3)c(F)cc2F)CCN1. The van der Waals surface area contributed by atoms with E-state index in [1.165, 1.54) is 12.0 Å². The lowest BCUT2D eigenvalue weighted by molar-refractivity contribution is -0.129. The third-order valence-electron chi connectivity index (χ3n) is 5.29. The lowest BCUT2D eigenvalue weighted by atomic mass is 9.96. The predicted octanol–water partition coefficient (Wildman–Crippen LogP) is 3.05. The van der Waals surface area contributed by atoms with E-state index in [2.05, 4.69) is 22.0 Å². The summed E-state index contributed by atoms with van der Waals surface area (Å²) in [5.74, 6) is -3.99. The highest BCUT2D eigenvalue weighted by Crippen LogP contribution is 2.23. The van der Waals surface area contributed by atoms with Crippen LogP contribution >= 0.6 is 0 Å². The van der Waals surface area contributed by atoms with Crippen LogP contribution in [0.3, 0.4) is 0 Å². The molecule has 156 valence electrons. The van der Waals surface area contributed by atoms with Crippen molar-refractivity contribution in [1.82, 2.24) is 10.6 Å². The van der Waals surface area contributed by atoms with Gasteiger partial charge in [-0.3, -0.25) is 14.4 Å². The number of hydrogen-bond donors (Lipinski definition) is 3. The molecule has 0 aromatic heterocycles. The van der Waals surface area contributed by atoms with Gasteiger partial charge in [0.25, 0.3) is 5.91 Å². The van der Waals surface area contributed by atoms with Gasteiger partial charge in [-0.1, -0.05) is 11.6 Å². The average molecular weight is 405 g/mol. The van der Waals surface area contributed by atoms with E-state index in [1.54, 1.807) is 0 Å². The van der Waals surface area contributed by atoms with Crippen molar-refractivity contribution in [3.63, 3.8) is 0 Å². The van der Waals surface area contributed by atoms with Crippen LogP contribution in [0.15, 0.2) is 23.8 Å². The van der Waals surface area contributed by atoms with Crippen LogP contribution in [0.1, 0.15) is 55.3 Å². The van der Waals surface area contributed by atoms with Crippen LogP contribution in [0.5, 0.6) is 0 Å². The number of carbonyl (C=O) groups is 3. The molecule has 8 heteroatoms. The van der Waals surface area contributed by atoms with Crippen LogP contribution < -0.4 is 16.0 Å². The topological polar surface area (TPSA) is 87.3 Å². The Labute approximate surface area is 168 Å². The largest absolute Gasteiger partial charge is 0.356 e. The van der Waals surface area contributed by atoms with Crippen LogP contribution in [0.4, 0.5) is 14.5 Å². The van der Waals surface area contributed by atoms with Gasteiger partial charge in [-0.15, -0.1) is 0 Å². The Morgan fingerprint density at radius 2 is 2.00 bits per heavy atom. The Hall–Kier alpha value is -2.77. The van der Waals surface area contributed by atoms with E-state index in [-0.39, 0.29) is 23.6 Å². The molecule has 1 atom stereocenters. The Morgan fingerprint density at radius 1 is 1.17 bits per heavy atom. The summed E-state index contributed by atoms with van der Waals surface area (Å²) in [6, 6.07) is 1.59. The van der Waals surface area contributed by atoms with E-state index in [1.807, 2.05) is 0 Å². The average Bonchev–Trinajstić information content (AvgIpc) is 2.70. The van der Waals surface area contributed by atoms with Gasteiger partial charge in [0.15, 0.2) is 0 Å². The number of hydrogen-bond acceptors (Lipinski definition) is 3. The predicted molar refractivity (Wildman–Crippen MR) is 104 cm³/mol. The normalized spacial score (nSPS) is 19.2. The number of halogens is 2. The smallest absolute Gasteiger partial charge is 0.254 e. The van der Waals surface area contributed by atoms with Crippen LogP contribution in [0, 0.1) is 17.6 Å². The second-order valence-corrected chi connectivity index (χ2v) is 7.45. The molecule has 0 spiro atoms. The number of rotatable bonds is 6. The number of carbonyl (C=O) groups excluding carboxylic acids is 3. The standard InChI is InChI=1S/C21H25F2N3O3/c22-16-12-17(23)18(26-20(28)14-7-9-24-19(27)10-14)11-15(16)21(29)25-8-6-13-4-2-1-3-5-13/h4,11-12,14H,1-3,5-10H2,(H,24,27)(H,25,29)(H,26,28). The van der Waals surface area contributed by atoms with Crippen LogP contribution in [-0.4, -0.2) is 30.8 Å². The van der Waals surface area contributed by atoms with Gasteiger partial charge in [-0.05, 0) is 44.6 Å². The summed E-state index contributed by atoms with van der Waals surface area (Å²) in [6.07, 6.45) is 7.68. The zero-order valence-electron chi connectivity index (χ0n) is 16.2. The number of allylic oxidation sites excluding steroid dienone is 1. The fraction of sp³-hybridized carbons (Fsp3) is 0.476. The van der Waals surface area contributed by atoms with Gasteiger partial charge in [0.1, 0.15) is 11.6 Å². The third-order valence-corrected chi connectivity index (χ3v) is 5.29. The molecular formula is C21H25F2N3O3. The molecule has 1 aromatic rings. The molecule has 3 N–H and O–H groups in total. The van der Waals surface area contributed by atoms with E-state index in [0.29, 0.717) is 32.0 Å². The van der Waals surface area contributed by atoms with Gasteiger partial charge >= 0.3 is 0 Å². The highest BCUT2D eigenvalue weighted by molar-refractivity contribution is 5.99. The van der Waals surface area contributed by atoms with Crippen molar-refractivity contribution in [3.8, 4) is 0 Å². The Morgan fingerprint density at radius 3 is 2.72 bits per heavy atom. The highest BCUT2D eigenvalue weighted by Gasteiger charge is 2.27. The van der Waals surface area contributed by atoms with Crippen molar-refractivity contribution in [1.29, 1.82) is 0 Å². The lowest BCUT2D eigenvalue weighted by Gasteiger charge is -2.21. The van der Waals surface area contributed by atoms with Crippen molar-refractivity contribution in [2.75, 3.05) is 18.4 Å². The molecule has 1 aliphatic heterocycles. The van der Waals surface area contributed by atoms with Crippen LogP contribution in [0.2, 0.25) is 0 Å². The molecular weight excluding hydrogens is 380 g/mol. The first-order valence-electron chi connectivity index (χ1n) is 9.96. The zero-order valence-corrected chi connectivity index (χ0v) is 16.2. The van der Waals surface area contributed by atoms with Crippen molar-refractivity contribution >= 4 is 23.4 Å². The Balaban J connectivity index is 1.63. The summed E-state index contributed by atoms with van der Waals surface area (Å²) in [6.45, 7) is 0.729. The third kappa shape index (κ3) is 5.62. The Bertz CT molecular complexity index is 839. The second-order valence-electron chi connectivity index (χ2n) is 7.45. The zero-order chi connectivity index (χ0) is 20.8. The van der Waals surface area contributed by atoms with Gasteiger partial charge in [-0.2, -0.15) is 0 Å². The van der Waals surface area contributed by atoms with Crippen molar-refractivity contribution in [3.05, 3.63) is 41.0 Å². The van der Waals surface area contributed by atoms with E-state index in [0.717, 1.165) is 25.3 Å². The first kappa shape index (κ1) is 21.0. The fourth-order valence-electron chi connectivity index (χ4n) is 3.62. The molecule has 2 aliphatic rings. The molecule has 29 heavy (non-hydrogen) atoms. The minimum absolute atomic E-state index is 0.0117. The molecule has 1 aromatic carbocycles. The number of anilines is 1. The molecule has 1 aliphatic carbocycles. The monoisotopic (exact) mass is 405 g/mol. The second kappa shape index (κ2) is 9.62. The summed E-state index contributed by atoms with van der Waals surface area (Å²) in [7, 11) is 0. The van der Waals surface area contributed by atoms with Gasteiger partial charge in [0, 0.05) is 31.5 Å². The number of piperidine rings is 1. The maximum atomic E-state index is 14.1. The first-order valence-corrected chi connectivity index (χ1v) is 9.96. The maximum absolute atomic E-state index is 14.1. The first-order chi connectivity index (χ1) is 13.9. The van der Waals surface area contributed by atoms with Crippen molar-refractivity contribution < 1.29 is 23.2 Å². The molecule has 1 heterocycles. The van der Waals surface area contributed by atoms with E-state index < -0.39 is 29.4 Å². The molecule has 1 unspecified atom stereocenters. The molecule has 1 saturated heterocycles. The summed E-state index contributed by atoms with van der Waals surface area (Å²) in [5.41, 5.74) is 0.670. The summed E-state index contributed by atoms with van der Waals surface area (Å²) in [4.78, 5) is 36.1. The van der Waals surface area contributed by atoms with E-state index in [4.69, 9.17) is 0 Å². The van der Waals surface area contributed by atoms with Gasteiger partial charge in [0.05, 0.1) is 11.3 Å². The number of benzene rings is 1. The Kier molecular flexibility index (Phi) is 6.95. The number of amides is 3. The molecule has 0 radical (unpaired) electrons. The van der Waals surface area contributed by atoms with E-state index >= 15 is 0 Å². The fourth-order valence-corrected chi connectivity index (χ4v) is 3.62.